The molecule has 40 heavy (non-hydrogen) atoms. The summed E-state index contributed by atoms with van der Waals surface area (Å²) < 4.78 is 5.02. The Hall–Kier alpha value is -4.41. The third-order valence-electron chi connectivity index (χ3n) is 7.81. The number of phenolic OH excluding ortho intramolecular Hbond substituents is 2. The first-order valence-electron chi connectivity index (χ1n) is 12.7. The van der Waals surface area contributed by atoms with Gasteiger partial charge in [0.25, 0.3) is 0 Å². The van der Waals surface area contributed by atoms with Crippen molar-refractivity contribution in [3.63, 3.8) is 0 Å². The maximum Gasteiger partial charge on any atom is 0.338 e. The Morgan fingerprint density at radius 2 is 1.75 bits per heavy atom. The summed E-state index contributed by atoms with van der Waals surface area (Å²) in [5.74, 6) is -4.72. The Kier molecular flexibility index (Phi) is 6.04. The van der Waals surface area contributed by atoms with E-state index in [2.05, 4.69) is 10.6 Å². The number of anilines is 2. The lowest BCUT2D eigenvalue weighted by atomic mass is 9.76. The average Bonchev–Trinajstić information content (AvgIpc) is 3.50. The molecule has 0 aromatic heterocycles. The number of rotatable bonds is 5. The largest absolute Gasteiger partial charge is 0.504 e. The molecule has 0 aliphatic carbocycles. The minimum atomic E-state index is -1.57. The molecule has 3 aromatic rings. The molecule has 3 amide bonds. The summed E-state index contributed by atoms with van der Waals surface area (Å²) in [6.07, 6.45) is 0.175. The first-order valence-corrected chi connectivity index (χ1v) is 13.1. The first kappa shape index (κ1) is 25.8. The van der Waals surface area contributed by atoms with Crippen molar-refractivity contribution in [2.24, 2.45) is 11.8 Å². The predicted molar refractivity (Wildman–Crippen MR) is 144 cm³/mol. The van der Waals surface area contributed by atoms with Crippen LogP contribution in [-0.2, 0) is 31.1 Å². The molecule has 11 heteroatoms. The van der Waals surface area contributed by atoms with Crippen LogP contribution >= 0.6 is 11.6 Å². The molecular weight excluding hydrogens is 538 g/mol. The monoisotopic (exact) mass is 561 g/mol. The van der Waals surface area contributed by atoms with Gasteiger partial charge >= 0.3 is 5.97 Å². The lowest BCUT2D eigenvalue weighted by molar-refractivity contribution is -0.130. The van der Waals surface area contributed by atoms with Gasteiger partial charge in [0.2, 0.25) is 17.7 Å². The Morgan fingerprint density at radius 1 is 1.00 bits per heavy atom. The van der Waals surface area contributed by atoms with E-state index in [1.807, 2.05) is 0 Å². The summed E-state index contributed by atoms with van der Waals surface area (Å²) in [5.41, 5.74) is 0.509. The molecule has 10 nitrogen and oxygen atoms in total. The molecule has 4 atom stereocenters. The van der Waals surface area contributed by atoms with Gasteiger partial charge in [0.15, 0.2) is 11.5 Å². The van der Waals surface area contributed by atoms with Crippen molar-refractivity contribution in [1.29, 1.82) is 0 Å². The van der Waals surface area contributed by atoms with Crippen molar-refractivity contribution in [2.75, 3.05) is 16.8 Å². The maximum atomic E-state index is 14.1. The Morgan fingerprint density at radius 3 is 2.45 bits per heavy atom. The molecule has 204 valence electrons. The zero-order chi connectivity index (χ0) is 28.3. The molecule has 0 bridgehead atoms. The number of esters is 1. The van der Waals surface area contributed by atoms with Crippen molar-refractivity contribution in [3.05, 3.63) is 82.4 Å². The van der Waals surface area contributed by atoms with Gasteiger partial charge < -0.3 is 20.3 Å². The number of nitrogens with zero attached hydrogens (tertiary/aromatic N) is 1. The summed E-state index contributed by atoms with van der Waals surface area (Å²) in [7, 11) is 0. The molecule has 3 aliphatic rings. The second-order valence-electron chi connectivity index (χ2n) is 10.0. The highest BCUT2D eigenvalue weighted by Gasteiger charge is 2.70. The van der Waals surface area contributed by atoms with Gasteiger partial charge in [0.1, 0.15) is 5.54 Å². The van der Waals surface area contributed by atoms with Gasteiger partial charge in [-0.3, -0.25) is 19.7 Å². The van der Waals surface area contributed by atoms with Crippen LogP contribution in [0.4, 0.5) is 11.4 Å². The van der Waals surface area contributed by atoms with E-state index in [0.29, 0.717) is 21.8 Å². The molecule has 3 aliphatic heterocycles. The Bertz CT molecular complexity index is 1590. The predicted octanol–water partition coefficient (Wildman–Crippen LogP) is 3.10. The summed E-state index contributed by atoms with van der Waals surface area (Å²) in [6.45, 7) is 1.90. The molecule has 3 heterocycles. The van der Waals surface area contributed by atoms with Crippen LogP contribution in [0.15, 0.2) is 60.7 Å². The van der Waals surface area contributed by atoms with Crippen molar-refractivity contribution >= 4 is 46.7 Å². The molecule has 3 aromatic carbocycles. The Balaban J connectivity index is 1.44. The number of phenols is 2. The van der Waals surface area contributed by atoms with E-state index in [-0.39, 0.29) is 35.8 Å². The minimum absolute atomic E-state index is 0.175. The number of fused-ring (bicyclic) bond motifs is 4. The van der Waals surface area contributed by atoms with Gasteiger partial charge in [-0.1, -0.05) is 17.7 Å². The number of amides is 3. The topological polar surface area (TPSA) is 145 Å². The van der Waals surface area contributed by atoms with E-state index >= 15 is 0 Å². The molecule has 2 fully saturated rings. The van der Waals surface area contributed by atoms with Gasteiger partial charge in [0.05, 0.1) is 29.7 Å². The second-order valence-corrected chi connectivity index (χ2v) is 10.4. The van der Waals surface area contributed by atoms with E-state index in [9.17, 15) is 29.4 Å². The second kappa shape index (κ2) is 9.35. The van der Waals surface area contributed by atoms with Crippen molar-refractivity contribution in [3.8, 4) is 11.5 Å². The highest BCUT2D eigenvalue weighted by Crippen LogP contribution is 2.54. The molecule has 6 rings (SSSR count). The number of aromatic hydroxyl groups is 2. The summed E-state index contributed by atoms with van der Waals surface area (Å²) in [4.78, 5) is 54.9. The number of carbonyl (C=O) groups excluding carboxylic acids is 4. The number of imide groups is 1. The minimum Gasteiger partial charge on any atom is -0.504 e. The van der Waals surface area contributed by atoms with Crippen LogP contribution in [-0.4, -0.2) is 46.6 Å². The van der Waals surface area contributed by atoms with E-state index < -0.39 is 47.1 Å². The standard InChI is InChI=1S/C29H24ClN3O7/c1-2-40-27(38)15-4-7-17(8-5-15)33-25(36)23-20(11-14-3-10-21(34)22(35)12-14)32-29(24(23)26(33)37)18-13-16(30)6-9-19(18)31-28(29)39/h3-10,12-13,20,23-24,32,34-35H,2,11H2,1H3,(H,31,39)/t20-,23+,24+,29-/m1/s1. The molecule has 1 spiro atoms. The number of hydrogen-bond acceptors (Lipinski definition) is 8. The van der Waals surface area contributed by atoms with E-state index in [4.69, 9.17) is 16.3 Å². The fraction of sp³-hybridized carbons (Fsp3) is 0.241. The first-order chi connectivity index (χ1) is 19.1. The fourth-order valence-corrected chi connectivity index (χ4v) is 6.29. The van der Waals surface area contributed by atoms with Crippen molar-refractivity contribution in [2.45, 2.75) is 24.9 Å². The number of nitrogens with one attached hydrogen (secondary N) is 2. The number of benzene rings is 3. The lowest BCUT2D eigenvalue weighted by Crippen LogP contribution is -2.53. The third-order valence-corrected chi connectivity index (χ3v) is 8.04. The molecule has 2 saturated heterocycles. The number of hydrogen-bond donors (Lipinski definition) is 4. The maximum absolute atomic E-state index is 14.1. The zero-order valence-corrected chi connectivity index (χ0v) is 21.9. The van der Waals surface area contributed by atoms with Crippen molar-refractivity contribution in [1.82, 2.24) is 5.32 Å². The molecule has 0 radical (unpaired) electrons. The van der Waals surface area contributed by atoms with Crippen LogP contribution in [0.25, 0.3) is 0 Å². The smallest absolute Gasteiger partial charge is 0.338 e. The highest BCUT2D eigenvalue weighted by atomic mass is 35.5. The lowest BCUT2D eigenvalue weighted by Gasteiger charge is -2.29. The molecule has 0 saturated carbocycles. The quantitative estimate of drug-likeness (QED) is 0.211. The average molecular weight is 562 g/mol. The number of ether oxygens (including phenoxy) is 1. The fourth-order valence-electron chi connectivity index (χ4n) is 6.11. The molecular formula is C29H24ClN3O7. The van der Waals surface area contributed by atoms with Gasteiger partial charge in [-0.05, 0) is 73.5 Å². The van der Waals surface area contributed by atoms with E-state index in [1.165, 1.54) is 36.4 Å². The summed E-state index contributed by atoms with van der Waals surface area (Å²) >= 11 is 6.31. The van der Waals surface area contributed by atoms with Crippen LogP contribution < -0.4 is 15.5 Å². The van der Waals surface area contributed by atoms with Gasteiger partial charge in [-0.25, -0.2) is 9.69 Å². The SMILES string of the molecule is CCOC(=O)c1ccc(N2C(=O)[C@@H]3[C@@H](C2=O)[C@@]2(N[C@@H]3Cc3ccc(O)c(O)c3)C(=O)Nc3ccc(Cl)cc32)cc1. The normalized spacial score (nSPS) is 24.8. The van der Waals surface area contributed by atoms with Gasteiger partial charge in [-0.15, -0.1) is 0 Å². The van der Waals surface area contributed by atoms with Gasteiger partial charge in [-0.2, -0.15) is 0 Å². The summed E-state index contributed by atoms with van der Waals surface area (Å²) in [6, 6.07) is 14.5. The van der Waals surface area contributed by atoms with Crippen LogP contribution in [0.3, 0.4) is 0 Å². The highest BCUT2D eigenvalue weighted by molar-refractivity contribution is 6.31. The number of carbonyl (C=O) groups is 4. The van der Waals surface area contributed by atoms with E-state index in [0.717, 1.165) is 4.90 Å². The van der Waals surface area contributed by atoms with Gasteiger partial charge in [0, 0.05) is 22.3 Å². The third kappa shape index (κ3) is 3.75. The van der Waals surface area contributed by atoms with E-state index in [1.54, 1.807) is 31.2 Å². The molecule has 0 unspecified atom stereocenters. The van der Waals surface area contributed by atoms with Crippen LogP contribution in [0.2, 0.25) is 5.02 Å². The zero-order valence-electron chi connectivity index (χ0n) is 21.2. The van der Waals surface area contributed by atoms with Crippen LogP contribution in [0.1, 0.15) is 28.4 Å². The molecule has 4 N–H and O–H groups in total. The van der Waals surface area contributed by atoms with Crippen LogP contribution in [0, 0.1) is 11.8 Å². The van der Waals surface area contributed by atoms with Crippen molar-refractivity contribution < 1.29 is 34.1 Å². The Labute approximate surface area is 233 Å². The van der Waals surface area contributed by atoms with Crippen LogP contribution in [0.5, 0.6) is 11.5 Å². The summed E-state index contributed by atoms with van der Waals surface area (Å²) in [5, 5.41) is 26.3. The number of halogens is 1.